The van der Waals surface area contributed by atoms with Gasteiger partial charge in [0.1, 0.15) is 0 Å². The van der Waals surface area contributed by atoms with Gasteiger partial charge in [-0.05, 0) is 39.9 Å². The lowest BCUT2D eigenvalue weighted by Crippen LogP contribution is -2.45. The van der Waals surface area contributed by atoms with Gasteiger partial charge in [-0.1, -0.05) is 24.3 Å². The van der Waals surface area contributed by atoms with Crippen LogP contribution < -0.4 is 10.6 Å². The van der Waals surface area contributed by atoms with Crippen LogP contribution in [0.5, 0.6) is 0 Å². The van der Waals surface area contributed by atoms with E-state index in [0.29, 0.717) is 19.7 Å². The number of methoxy groups -OCH3 is 1. The van der Waals surface area contributed by atoms with Crippen LogP contribution in [0.2, 0.25) is 0 Å². The molecule has 0 aliphatic carbocycles. The van der Waals surface area contributed by atoms with Crippen molar-refractivity contribution in [2.75, 3.05) is 33.4 Å². The number of hydrogen-bond donors (Lipinski definition) is 2. The lowest BCUT2D eigenvalue weighted by Gasteiger charge is -2.35. The van der Waals surface area contributed by atoms with E-state index in [1.54, 1.807) is 18.4 Å². The van der Waals surface area contributed by atoms with Crippen LogP contribution in [0.1, 0.15) is 22.7 Å². The smallest absolute Gasteiger partial charge is 0.309 e. The zero-order valence-corrected chi connectivity index (χ0v) is 16.3. The molecule has 0 unspecified atom stereocenters. The van der Waals surface area contributed by atoms with Gasteiger partial charge in [0.15, 0.2) is 0 Å². The third-order valence-electron chi connectivity index (χ3n) is 4.78. The third-order valence-corrected chi connectivity index (χ3v) is 5.48. The zero-order valence-electron chi connectivity index (χ0n) is 15.4. The van der Waals surface area contributed by atoms with Gasteiger partial charge in [0.2, 0.25) is 0 Å². The van der Waals surface area contributed by atoms with E-state index < -0.39 is 11.8 Å². The van der Waals surface area contributed by atoms with E-state index in [4.69, 9.17) is 4.74 Å². The van der Waals surface area contributed by atoms with Gasteiger partial charge >= 0.3 is 11.8 Å². The molecule has 6 nitrogen and oxygen atoms in total. The Labute approximate surface area is 163 Å². The fourth-order valence-electron chi connectivity index (χ4n) is 3.32. The largest absolute Gasteiger partial charge is 0.383 e. The van der Waals surface area contributed by atoms with Crippen LogP contribution in [0.25, 0.3) is 0 Å². The summed E-state index contributed by atoms with van der Waals surface area (Å²) in [5, 5.41) is 9.49. The first-order chi connectivity index (χ1) is 13.2. The van der Waals surface area contributed by atoms with Crippen LogP contribution in [0, 0.1) is 0 Å². The Morgan fingerprint density at radius 1 is 1.19 bits per heavy atom. The van der Waals surface area contributed by atoms with Crippen molar-refractivity contribution in [3.05, 3.63) is 57.8 Å². The van der Waals surface area contributed by atoms with Crippen molar-refractivity contribution in [2.45, 2.75) is 19.0 Å². The number of thiophene rings is 1. The number of carbonyl (C=O) groups is 2. The fraction of sp³-hybridized carbons (Fsp3) is 0.400. The van der Waals surface area contributed by atoms with Gasteiger partial charge in [0, 0.05) is 33.3 Å². The third kappa shape index (κ3) is 5.15. The maximum atomic E-state index is 12.1. The first kappa shape index (κ1) is 19.5. The fourth-order valence-corrected chi connectivity index (χ4v) is 4.03. The van der Waals surface area contributed by atoms with Crippen molar-refractivity contribution in [1.29, 1.82) is 0 Å². The molecule has 1 aliphatic heterocycles. The average Bonchev–Trinajstić information content (AvgIpc) is 3.22. The topological polar surface area (TPSA) is 70.7 Å². The minimum atomic E-state index is -0.625. The Kier molecular flexibility index (Phi) is 6.98. The van der Waals surface area contributed by atoms with E-state index in [1.165, 1.54) is 16.7 Å². The first-order valence-electron chi connectivity index (χ1n) is 9.07. The SMILES string of the molecule is COCCNC(=O)C(=O)NC[C@@H](c1ccsc1)N1CCc2ccccc2C1. The van der Waals surface area contributed by atoms with Crippen LogP contribution >= 0.6 is 11.3 Å². The van der Waals surface area contributed by atoms with Crippen LogP contribution in [0.3, 0.4) is 0 Å². The van der Waals surface area contributed by atoms with Gasteiger partial charge in [-0.3, -0.25) is 14.5 Å². The minimum absolute atomic E-state index is 0.0420. The van der Waals surface area contributed by atoms with Gasteiger partial charge < -0.3 is 15.4 Å². The molecule has 0 saturated carbocycles. The Morgan fingerprint density at radius 3 is 2.70 bits per heavy atom. The second-order valence-electron chi connectivity index (χ2n) is 6.52. The lowest BCUT2D eigenvalue weighted by molar-refractivity contribution is -0.139. The van der Waals surface area contributed by atoms with Crippen LogP contribution in [0.15, 0.2) is 41.1 Å². The molecule has 27 heavy (non-hydrogen) atoms. The van der Waals surface area contributed by atoms with E-state index in [9.17, 15) is 9.59 Å². The predicted molar refractivity (Wildman–Crippen MR) is 106 cm³/mol. The van der Waals surface area contributed by atoms with Gasteiger partial charge in [-0.15, -0.1) is 0 Å². The van der Waals surface area contributed by atoms with Crippen molar-refractivity contribution in [3.63, 3.8) is 0 Å². The van der Waals surface area contributed by atoms with E-state index in [2.05, 4.69) is 51.2 Å². The van der Waals surface area contributed by atoms with Crippen molar-refractivity contribution in [3.8, 4) is 0 Å². The molecule has 2 heterocycles. The number of benzene rings is 1. The highest BCUT2D eigenvalue weighted by molar-refractivity contribution is 7.08. The second-order valence-corrected chi connectivity index (χ2v) is 7.30. The van der Waals surface area contributed by atoms with E-state index in [1.807, 2.05) is 5.38 Å². The van der Waals surface area contributed by atoms with Gasteiger partial charge in [-0.2, -0.15) is 11.3 Å². The lowest BCUT2D eigenvalue weighted by atomic mass is 9.97. The number of hydrogen-bond acceptors (Lipinski definition) is 5. The standard InChI is InChI=1S/C20H25N3O3S/c1-26-10-8-21-19(24)20(25)22-12-18(17-7-11-27-14-17)23-9-6-15-4-2-3-5-16(15)13-23/h2-5,7,11,14,18H,6,8-10,12-13H2,1H3,(H,21,24)(H,22,25)/t18-/m0/s1. The average molecular weight is 388 g/mol. The van der Waals surface area contributed by atoms with Crippen molar-refractivity contribution in [2.24, 2.45) is 0 Å². The molecule has 0 bridgehead atoms. The summed E-state index contributed by atoms with van der Waals surface area (Å²) in [6, 6.07) is 10.6. The summed E-state index contributed by atoms with van der Waals surface area (Å²) in [4.78, 5) is 26.3. The molecule has 2 aromatic rings. The quantitative estimate of drug-likeness (QED) is 0.561. The van der Waals surface area contributed by atoms with Crippen LogP contribution in [0.4, 0.5) is 0 Å². The Hall–Kier alpha value is -2.22. The Bertz CT molecular complexity index is 764. The number of nitrogens with zero attached hydrogens (tertiary/aromatic N) is 1. The molecule has 1 aromatic heterocycles. The highest BCUT2D eigenvalue weighted by Crippen LogP contribution is 2.28. The summed E-state index contributed by atoms with van der Waals surface area (Å²) in [5.74, 6) is -1.23. The summed E-state index contributed by atoms with van der Waals surface area (Å²) >= 11 is 1.64. The normalized spacial score (nSPS) is 15.0. The van der Waals surface area contributed by atoms with Gasteiger partial charge in [-0.25, -0.2) is 0 Å². The van der Waals surface area contributed by atoms with Crippen molar-refractivity contribution < 1.29 is 14.3 Å². The minimum Gasteiger partial charge on any atom is -0.383 e. The zero-order chi connectivity index (χ0) is 19.1. The number of amides is 2. The number of ether oxygens (including phenoxy) is 1. The molecule has 3 rings (SSSR count). The second kappa shape index (κ2) is 9.64. The number of rotatable bonds is 7. The van der Waals surface area contributed by atoms with Gasteiger partial charge in [0.05, 0.1) is 12.6 Å². The molecule has 0 radical (unpaired) electrons. The molecule has 1 aliphatic rings. The maximum absolute atomic E-state index is 12.1. The molecule has 0 fully saturated rings. The van der Waals surface area contributed by atoms with Gasteiger partial charge in [0.25, 0.3) is 0 Å². The van der Waals surface area contributed by atoms with Crippen LogP contribution in [-0.2, 0) is 27.3 Å². The van der Waals surface area contributed by atoms with Crippen molar-refractivity contribution in [1.82, 2.24) is 15.5 Å². The highest BCUT2D eigenvalue weighted by atomic mass is 32.1. The molecule has 0 spiro atoms. The van der Waals surface area contributed by atoms with E-state index >= 15 is 0 Å². The Morgan fingerprint density at radius 2 is 1.96 bits per heavy atom. The molecular weight excluding hydrogens is 362 g/mol. The summed E-state index contributed by atoms with van der Waals surface area (Å²) < 4.78 is 4.88. The molecule has 1 aromatic carbocycles. The number of nitrogens with one attached hydrogen (secondary N) is 2. The van der Waals surface area contributed by atoms with Crippen molar-refractivity contribution >= 4 is 23.2 Å². The molecule has 2 amide bonds. The highest BCUT2D eigenvalue weighted by Gasteiger charge is 2.26. The predicted octanol–water partition coefficient (Wildman–Crippen LogP) is 1.73. The molecular formula is C20H25N3O3S. The summed E-state index contributed by atoms with van der Waals surface area (Å²) in [6.07, 6.45) is 0.988. The summed E-state index contributed by atoms with van der Waals surface area (Å²) in [7, 11) is 1.55. The Balaban J connectivity index is 1.63. The molecule has 7 heteroatoms. The molecule has 0 saturated heterocycles. The number of carbonyl (C=O) groups excluding carboxylic acids is 2. The molecule has 144 valence electrons. The van der Waals surface area contributed by atoms with E-state index in [0.717, 1.165) is 19.5 Å². The van der Waals surface area contributed by atoms with E-state index in [-0.39, 0.29) is 6.04 Å². The molecule has 2 N–H and O–H groups in total. The van der Waals surface area contributed by atoms with Crippen LogP contribution in [-0.4, -0.2) is 50.1 Å². The number of fused-ring (bicyclic) bond motifs is 1. The first-order valence-corrected chi connectivity index (χ1v) is 10.0. The summed E-state index contributed by atoms with van der Waals surface area (Å²) in [6.45, 7) is 2.86. The molecule has 1 atom stereocenters. The maximum Gasteiger partial charge on any atom is 0.309 e. The monoisotopic (exact) mass is 387 g/mol. The summed E-state index contributed by atoms with van der Waals surface area (Å²) in [5.41, 5.74) is 3.88.